The van der Waals surface area contributed by atoms with Gasteiger partial charge >= 0.3 is 0 Å². The summed E-state index contributed by atoms with van der Waals surface area (Å²) >= 11 is 3.53. The van der Waals surface area contributed by atoms with Gasteiger partial charge in [0.2, 0.25) is 0 Å². The lowest BCUT2D eigenvalue weighted by Gasteiger charge is -2.25. The minimum absolute atomic E-state index is 0.524. The molecule has 1 aromatic heterocycles. The Bertz CT molecular complexity index is 1220. The SMILES string of the molecule is CCOc1ccc2nc(SCCCCC3(C=O)c4ccccc4-c4ccccc43)sc2c1. The number of hydrogen-bond acceptors (Lipinski definition) is 5. The molecule has 1 heterocycles. The highest BCUT2D eigenvalue weighted by Crippen LogP contribution is 2.50. The largest absolute Gasteiger partial charge is 0.494 e. The van der Waals surface area contributed by atoms with Crippen LogP contribution < -0.4 is 4.74 Å². The van der Waals surface area contributed by atoms with E-state index < -0.39 is 5.41 Å². The first kappa shape index (κ1) is 21.2. The van der Waals surface area contributed by atoms with E-state index in [-0.39, 0.29) is 0 Å². The fourth-order valence-electron chi connectivity index (χ4n) is 4.68. The van der Waals surface area contributed by atoms with Gasteiger partial charge in [-0.3, -0.25) is 0 Å². The number of thioether (sulfide) groups is 1. The van der Waals surface area contributed by atoms with Crippen molar-refractivity contribution in [1.82, 2.24) is 4.98 Å². The zero-order valence-electron chi connectivity index (χ0n) is 18.0. The van der Waals surface area contributed by atoms with Crippen molar-refractivity contribution in [2.24, 2.45) is 0 Å². The molecule has 0 N–H and O–H groups in total. The van der Waals surface area contributed by atoms with Crippen molar-refractivity contribution < 1.29 is 9.53 Å². The predicted octanol–water partition coefficient (Wildman–Crippen LogP) is 7.12. The number of nitrogens with zero attached hydrogens (tertiary/aromatic N) is 1. The van der Waals surface area contributed by atoms with Crippen molar-refractivity contribution in [3.05, 3.63) is 77.9 Å². The predicted molar refractivity (Wildman–Crippen MR) is 134 cm³/mol. The molecule has 0 unspecified atom stereocenters. The third kappa shape index (κ3) is 3.74. The Kier molecular flexibility index (Phi) is 6.03. The molecule has 0 fully saturated rings. The van der Waals surface area contributed by atoms with E-state index in [0.717, 1.165) is 56.4 Å². The van der Waals surface area contributed by atoms with Gasteiger partial charge in [-0.05, 0) is 60.2 Å². The molecule has 0 bridgehead atoms. The number of hydrogen-bond donors (Lipinski definition) is 0. The average Bonchev–Trinajstić information content (AvgIpc) is 3.36. The summed E-state index contributed by atoms with van der Waals surface area (Å²) < 4.78 is 7.86. The first-order chi connectivity index (χ1) is 15.7. The summed E-state index contributed by atoms with van der Waals surface area (Å²) in [6.07, 6.45) is 4.05. The van der Waals surface area contributed by atoms with Gasteiger partial charge in [-0.25, -0.2) is 4.98 Å². The van der Waals surface area contributed by atoms with E-state index >= 15 is 0 Å². The number of benzene rings is 3. The van der Waals surface area contributed by atoms with Crippen LogP contribution in [0.1, 0.15) is 37.3 Å². The molecule has 1 aliphatic carbocycles. The highest BCUT2D eigenvalue weighted by Gasteiger charge is 2.42. The smallest absolute Gasteiger partial charge is 0.151 e. The Hall–Kier alpha value is -2.63. The summed E-state index contributed by atoms with van der Waals surface area (Å²) in [6.45, 7) is 2.67. The molecule has 32 heavy (non-hydrogen) atoms. The maximum Gasteiger partial charge on any atom is 0.151 e. The lowest BCUT2D eigenvalue weighted by molar-refractivity contribution is -0.111. The van der Waals surface area contributed by atoms with E-state index in [4.69, 9.17) is 9.72 Å². The molecule has 4 aromatic rings. The summed E-state index contributed by atoms with van der Waals surface area (Å²) in [7, 11) is 0. The summed E-state index contributed by atoms with van der Waals surface area (Å²) in [6, 6.07) is 22.8. The van der Waals surface area contributed by atoms with Gasteiger partial charge in [0.25, 0.3) is 0 Å². The van der Waals surface area contributed by atoms with E-state index in [9.17, 15) is 4.79 Å². The number of carbonyl (C=O) groups excluding carboxylic acids is 1. The third-order valence-corrected chi connectivity index (χ3v) is 8.40. The van der Waals surface area contributed by atoms with Gasteiger partial charge in [0.05, 0.1) is 22.2 Å². The van der Waals surface area contributed by atoms with Gasteiger partial charge in [-0.15, -0.1) is 11.3 Å². The number of thiazole rings is 1. The van der Waals surface area contributed by atoms with Crippen LogP contribution in [0.5, 0.6) is 5.75 Å². The minimum atomic E-state index is -0.524. The number of aromatic nitrogens is 1. The molecule has 0 radical (unpaired) electrons. The molecular formula is C27H25NO2S2. The molecule has 0 aliphatic heterocycles. The molecule has 162 valence electrons. The topological polar surface area (TPSA) is 39.2 Å². The normalized spacial score (nSPS) is 13.7. The number of aldehydes is 1. The Morgan fingerprint density at radius 3 is 2.41 bits per heavy atom. The van der Waals surface area contributed by atoms with Gasteiger partial charge < -0.3 is 9.53 Å². The molecular weight excluding hydrogens is 434 g/mol. The first-order valence-corrected chi connectivity index (χ1v) is 12.9. The zero-order valence-corrected chi connectivity index (χ0v) is 19.7. The van der Waals surface area contributed by atoms with Crippen LogP contribution in [0, 0.1) is 0 Å². The van der Waals surface area contributed by atoms with Gasteiger partial charge in [0, 0.05) is 5.75 Å². The van der Waals surface area contributed by atoms with Crippen LogP contribution in [0.15, 0.2) is 71.1 Å². The second kappa shape index (κ2) is 9.08. The number of carbonyl (C=O) groups is 1. The summed E-state index contributed by atoms with van der Waals surface area (Å²) in [5.41, 5.74) is 5.21. The second-order valence-corrected chi connectivity index (χ2v) is 10.4. The van der Waals surface area contributed by atoms with Crippen LogP contribution in [-0.2, 0) is 10.2 Å². The Balaban J connectivity index is 1.25. The van der Waals surface area contributed by atoms with Crippen LogP contribution in [0.3, 0.4) is 0 Å². The Labute approximate surface area is 196 Å². The van der Waals surface area contributed by atoms with Crippen molar-refractivity contribution >= 4 is 39.6 Å². The third-order valence-electron chi connectivity index (χ3n) is 6.15. The molecule has 3 aromatic carbocycles. The molecule has 0 atom stereocenters. The van der Waals surface area contributed by atoms with Crippen molar-refractivity contribution in [3.8, 4) is 16.9 Å². The van der Waals surface area contributed by atoms with E-state index in [0.29, 0.717) is 6.61 Å². The van der Waals surface area contributed by atoms with Gasteiger partial charge in [0.1, 0.15) is 12.0 Å². The quantitative estimate of drug-likeness (QED) is 0.152. The van der Waals surface area contributed by atoms with E-state index in [1.165, 1.54) is 17.4 Å². The van der Waals surface area contributed by atoms with E-state index in [1.54, 1.807) is 23.1 Å². The van der Waals surface area contributed by atoms with Crippen LogP contribution in [0.2, 0.25) is 0 Å². The summed E-state index contributed by atoms with van der Waals surface area (Å²) in [5, 5.41) is 0. The monoisotopic (exact) mass is 459 g/mol. The summed E-state index contributed by atoms with van der Waals surface area (Å²) in [5.74, 6) is 1.90. The fourth-order valence-corrected chi connectivity index (χ4v) is 6.85. The van der Waals surface area contributed by atoms with Crippen LogP contribution in [0.4, 0.5) is 0 Å². The average molecular weight is 460 g/mol. The van der Waals surface area contributed by atoms with Crippen molar-refractivity contribution in [2.75, 3.05) is 12.4 Å². The lowest BCUT2D eigenvalue weighted by atomic mass is 9.75. The van der Waals surface area contributed by atoms with Crippen molar-refractivity contribution in [2.45, 2.75) is 35.9 Å². The van der Waals surface area contributed by atoms with E-state index in [1.807, 2.05) is 31.2 Å². The van der Waals surface area contributed by atoms with Gasteiger partial charge in [-0.2, -0.15) is 0 Å². The molecule has 5 heteroatoms. The fraction of sp³-hybridized carbons (Fsp3) is 0.259. The van der Waals surface area contributed by atoms with E-state index in [2.05, 4.69) is 42.5 Å². The Morgan fingerprint density at radius 1 is 1.00 bits per heavy atom. The van der Waals surface area contributed by atoms with Crippen molar-refractivity contribution in [3.63, 3.8) is 0 Å². The lowest BCUT2D eigenvalue weighted by Crippen LogP contribution is -2.27. The molecule has 0 saturated carbocycles. The molecule has 1 aliphatic rings. The maximum absolute atomic E-state index is 12.5. The molecule has 3 nitrogen and oxygen atoms in total. The molecule has 5 rings (SSSR count). The highest BCUT2D eigenvalue weighted by molar-refractivity contribution is 8.01. The molecule has 0 saturated heterocycles. The molecule has 0 spiro atoms. The molecule has 0 amide bonds. The Morgan fingerprint density at radius 2 is 1.72 bits per heavy atom. The second-order valence-electron chi connectivity index (χ2n) is 8.03. The number of rotatable bonds is 9. The zero-order chi connectivity index (χ0) is 22.0. The maximum atomic E-state index is 12.5. The van der Waals surface area contributed by atoms with Gasteiger partial charge in [-0.1, -0.05) is 66.7 Å². The van der Waals surface area contributed by atoms with Crippen LogP contribution >= 0.6 is 23.1 Å². The number of fused-ring (bicyclic) bond motifs is 4. The van der Waals surface area contributed by atoms with Crippen molar-refractivity contribution in [1.29, 1.82) is 0 Å². The highest BCUT2D eigenvalue weighted by atomic mass is 32.2. The van der Waals surface area contributed by atoms with Crippen LogP contribution in [0.25, 0.3) is 21.3 Å². The summed E-state index contributed by atoms with van der Waals surface area (Å²) in [4.78, 5) is 17.2. The first-order valence-electron chi connectivity index (χ1n) is 11.1. The van der Waals surface area contributed by atoms with Crippen LogP contribution in [-0.4, -0.2) is 23.6 Å². The van der Waals surface area contributed by atoms with Gasteiger partial charge in [0.15, 0.2) is 4.34 Å². The number of ether oxygens (including phenoxy) is 1. The standard InChI is InChI=1S/C27H25NO2S2/c1-2-30-19-13-14-24-25(17-19)32-26(28-24)31-16-8-7-15-27(18-29)22-11-5-3-9-20(22)21-10-4-6-12-23(21)27/h3-6,9-14,17-18H,2,7-8,15-16H2,1H3. The number of unbranched alkanes of at least 4 members (excludes halogenated alkanes) is 1. The minimum Gasteiger partial charge on any atom is -0.494 e.